The summed E-state index contributed by atoms with van der Waals surface area (Å²) in [7, 11) is 0. The number of amides is 1. The van der Waals surface area contributed by atoms with Gasteiger partial charge in [-0.05, 0) is 37.3 Å². The van der Waals surface area contributed by atoms with Crippen LogP contribution in [0, 0.1) is 12.8 Å². The summed E-state index contributed by atoms with van der Waals surface area (Å²) in [4.78, 5) is 25.4. The lowest BCUT2D eigenvalue weighted by atomic mass is 10.0. The van der Waals surface area contributed by atoms with E-state index in [4.69, 9.17) is 4.74 Å². The average molecular weight is 301 g/mol. The average Bonchev–Trinajstić information content (AvgIpc) is 2.52. The van der Waals surface area contributed by atoms with Crippen molar-refractivity contribution in [2.45, 2.75) is 26.7 Å². The summed E-state index contributed by atoms with van der Waals surface area (Å²) in [6.07, 6.45) is 5.23. The molecule has 1 unspecified atom stereocenters. The summed E-state index contributed by atoms with van der Waals surface area (Å²) >= 11 is 0. The fraction of sp³-hybridized carbons (Fsp3) is 0.444. The summed E-state index contributed by atoms with van der Waals surface area (Å²) in [5.74, 6) is -0.0718. The van der Waals surface area contributed by atoms with E-state index in [0.29, 0.717) is 5.92 Å². The number of nitrogens with zero attached hydrogens (tertiary/aromatic N) is 1. The number of carbonyl (C=O) groups is 2. The Morgan fingerprint density at radius 1 is 1.32 bits per heavy atom. The Balaban J connectivity index is 1.77. The minimum Gasteiger partial charge on any atom is -0.452 e. The lowest BCUT2D eigenvalue weighted by Crippen LogP contribution is -2.41. The first-order valence-corrected chi connectivity index (χ1v) is 7.74. The van der Waals surface area contributed by atoms with Crippen LogP contribution in [0.4, 0.5) is 0 Å². The van der Waals surface area contributed by atoms with Gasteiger partial charge in [0.05, 0.1) is 0 Å². The molecule has 0 aromatic heterocycles. The van der Waals surface area contributed by atoms with Gasteiger partial charge in [-0.2, -0.15) is 0 Å². The predicted molar refractivity (Wildman–Crippen MR) is 86.2 cm³/mol. The van der Waals surface area contributed by atoms with Crippen LogP contribution in [0.1, 0.15) is 30.9 Å². The van der Waals surface area contributed by atoms with Gasteiger partial charge in [-0.3, -0.25) is 4.79 Å². The van der Waals surface area contributed by atoms with E-state index in [1.165, 1.54) is 11.6 Å². The minimum absolute atomic E-state index is 0.108. The molecule has 1 fully saturated rings. The molecule has 1 atom stereocenters. The van der Waals surface area contributed by atoms with Crippen LogP contribution < -0.4 is 0 Å². The maximum Gasteiger partial charge on any atom is 0.331 e. The number of piperidine rings is 1. The number of carbonyl (C=O) groups excluding carboxylic acids is 2. The van der Waals surface area contributed by atoms with E-state index >= 15 is 0 Å². The number of likely N-dealkylation sites (tertiary alicyclic amines) is 1. The molecule has 0 bridgehead atoms. The van der Waals surface area contributed by atoms with Crippen molar-refractivity contribution in [1.29, 1.82) is 0 Å². The molecule has 1 aliphatic rings. The zero-order chi connectivity index (χ0) is 15.9. The first-order valence-electron chi connectivity index (χ1n) is 7.74. The van der Waals surface area contributed by atoms with Crippen molar-refractivity contribution in [2.24, 2.45) is 5.92 Å². The smallest absolute Gasteiger partial charge is 0.331 e. The second-order valence-corrected chi connectivity index (χ2v) is 5.94. The number of ether oxygens (including phenoxy) is 1. The van der Waals surface area contributed by atoms with E-state index in [2.05, 4.69) is 6.92 Å². The van der Waals surface area contributed by atoms with Crippen LogP contribution in [0.3, 0.4) is 0 Å². The topological polar surface area (TPSA) is 46.6 Å². The Morgan fingerprint density at radius 2 is 2.05 bits per heavy atom. The molecule has 0 spiro atoms. The summed E-state index contributed by atoms with van der Waals surface area (Å²) in [6.45, 7) is 5.49. The summed E-state index contributed by atoms with van der Waals surface area (Å²) in [5.41, 5.74) is 2.10. The van der Waals surface area contributed by atoms with Gasteiger partial charge in [-0.25, -0.2) is 4.79 Å². The van der Waals surface area contributed by atoms with E-state index in [0.717, 1.165) is 31.5 Å². The molecule has 1 heterocycles. The van der Waals surface area contributed by atoms with Gasteiger partial charge >= 0.3 is 5.97 Å². The second kappa shape index (κ2) is 7.78. The third-order valence-corrected chi connectivity index (χ3v) is 3.84. The number of esters is 1. The Hall–Kier alpha value is -2.10. The molecular weight excluding hydrogens is 278 g/mol. The molecule has 0 saturated carbocycles. The fourth-order valence-electron chi connectivity index (χ4n) is 2.53. The summed E-state index contributed by atoms with van der Waals surface area (Å²) in [6, 6.07) is 7.82. The molecule has 0 N–H and O–H groups in total. The zero-order valence-corrected chi connectivity index (χ0v) is 13.2. The van der Waals surface area contributed by atoms with Gasteiger partial charge in [0.25, 0.3) is 5.91 Å². The number of aryl methyl sites for hydroxylation is 1. The quantitative estimate of drug-likeness (QED) is 0.634. The van der Waals surface area contributed by atoms with Gasteiger partial charge in [-0.15, -0.1) is 0 Å². The maximum atomic E-state index is 12.0. The standard InChI is InChI=1S/C18H23NO3/c1-14-5-7-16(8-6-14)9-10-18(21)22-13-17(20)19-11-3-4-15(2)12-19/h5-10,15H,3-4,11-13H2,1-2H3/b10-9+. The molecular formula is C18H23NO3. The molecule has 2 rings (SSSR count). The van der Waals surface area contributed by atoms with Crippen LogP contribution in [0.2, 0.25) is 0 Å². The lowest BCUT2D eigenvalue weighted by Gasteiger charge is -2.30. The van der Waals surface area contributed by atoms with Crippen LogP contribution in [0.25, 0.3) is 6.08 Å². The van der Waals surface area contributed by atoms with Crippen LogP contribution in [-0.2, 0) is 14.3 Å². The largest absolute Gasteiger partial charge is 0.452 e. The fourth-order valence-corrected chi connectivity index (χ4v) is 2.53. The van der Waals surface area contributed by atoms with E-state index in [9.17, 15) is 9.59 Å². The normalized spacial score (nSPS) is 18.5. The van der Waals surface area contributed by atoms with Gasteiger partial charge in [0.15, 0.2) is 6.61 Å². The maximum absolute atomic E-state index is 12.0. The SMILES string of the molecule is Cc1ccc(/C=C/C(=O)OCC(=O)N2CCCC(C)C2)cc1. The summed E-state index contributed by atoms with van der Waals surface area (Å²) in [5, 5.41) is 0. The van der Waals surface area contributed by atoms with E-state index in [1.807, 2.05) is 31.2 Å². The van der Waals surface area contributed by atoms with Gasteiger partial charge in [-0.1, -0.05) is 36.8 Å². The Labute approximate surface area is 131 Å². The third-order valence-electron chi connectivity index (χ3n) is 3.84. The Morgan fingerprint density at radius 3 is 2.73 bits per heavy atom. The number of hydrogen-bond donors (Lipinski definition) is 0. The van der Waals surface area contributed by atoms with E-state index in [-0.39, 0.29) is 12.5 Å². The van der Waals surface area contributed by atoms with Crippen molar-refractivity contribution in [3.8, 4) is 0 Å². The van der Waals surface area contributed by atoms with Gasteiger partial charge < -0.3 is 9.64 Å². The Bertz CT molecular complexity index is 548. The molecule has 4 heteroatoms. The second-order valence-electron chi connectivity index (χ2n) is 5.94. The van der Waals surface area contributed by atoms with Crippen molar-refractivity contribution in [3.05, 3.63) is 41.5 Å². The van der Waals surface area contributed by atoms with Gasteiger partial charge in [0.1, 0.15) is 0 Å². The molecule has 0 aliphatic carbocycles. The van der Waals surface area contributed by atoms with Crippen molar-refractivity contribution in [3.63, 3.8) is 0 Å². The first kappa shape index (κ1) is 16.3. The van der Waals surface area contributed by atoms with Crippen molar-refractivity contribution >= 4 is 18.0 Å². The number of hydrogen-bond acceptors (Lipinski definition) is 3. The number of benzene rings is 1. The molecule has 1 saturated heterocycles. The molecule has 22 heavy (non-hydrogen) atoms. The lowest BCUT2D eigenvalue weighted by molar-refractivity contribution is -0.149. The zero-order valence-electron chi connectivity index (χ0n) is 13.2. The van der Waals surface area contributed by atoms with Crippen LogP contribution in [-0.4, -0.2) is 36.5 Å². The molecule has 1 aromatic rings. The Kier molecular flexibility index (Phi) is 5.75. The monoisotopic (exact) mass is 301 g/mol. The van der Waals surface area contributed by atoms with Crippen LogP contribution in [0.15, 0.2) is 30.3 Å². The highest BCUT2D eigenvalue weighted by Gasteiger charge is 2.21. The number of rotatable bonds is 4. The molecule has 0 radical (unpaired) electrons. The molecule has 1 aliphatic heterocycles. The molecule has 1 amide bonds. The predicted octanol–water partition coefficient (Wildman–Crippen LogP) is 2.81. The first-order chi connectivity index (χ1) is 10.5. The molecule has 4 nitrogen and oxygen atoms in total. The highest BCUT2D eigenvalue weighted by Crippen LogP contribution is 2.15. The third kappa shape index (κ3) is 5.02. The highest BCUT2D eigenvalue weighted by molar-refractivity contribution is 5.89. The van der Waals surface area contributed by atoms with Crippen molar-refractivity contribution < 1.29 is 14.3 Å². The van der Waals surface area contributed by atoms with E-state index in [1.54, 1.807) is 11.0 Å². The van der Waals surface area contributed by atoms with Crippen molar-refractivity contribution in [1.82, 2.24) is 4.90 Å². The van der Waals surface area contributed by atoms with E-state index < -0.39 is 5.97 Å². The van der Waals surface area contributed by atoms with Crippen LogP contribution in [0.5, 0.6) is 0 Å². The van der Waals surface area contributed by atoms with Crippen molar-refractivity contribution in [2.75, 3.05) is 19.7 Å². The van der Waals surface area contributed by atoms with Gasteiger partial charge in [0.2, 0.25) is 0 Å². The van der Waals surface area contributed by atoms with Gasteiger partial charge in [0, 0.05) is 19.2 Å². The highest BCUT2D eigenvalue weighted by atomic mass is 16.5. The molecule has 1 aromatic carbocycles. The van der Waals surface area contributed by atoms with Crippen LogP contribution >= 0.6 is 0 Å². The minimum atomic E-state index is -0.487. The summed E-state index contributed by atoms with van der Waals surface area (Å²) < 4.78 is 5.02. The molecule has 118 valence electrons.